The van der Waals surface area contributed by atoms with E-state index < -0.39 is 0 Å². The van der Waals surface area contributed by atoms with Crippen molar-refractivity contribution in [2.24, 2.45) is 0 Å². The zero-order chi connectivity index (χ0) is 14.8. The smallest absolute Gasteiger partial charge is 0.266 e. The molecular formula is C15H10N4OS. The number of aryl methyl sites for hydroxylation is 1. The fourth-order valence-electron chi connectivity index (χ4n) is 1.98. The van der Waals surface area contributed by atoms with E-state index in [1.807, 2.05) is 29.6 Å². The maximum absolute atomic E-state index is 11.6. The molecule has 102 valence electrons. The number of nitrogens with one attached hydrogen (secondary N) is 1. The third-order valence-electron chi connectivity index (χ3n) is 3.02. The first-order chi connectivity index (χ1) is 10.2. The van der Waals surface area contributed by atoms with Crippen LogP contribution in [-0.4, -0.2) is 15.0 Å². The Morgan fingerprint density at radius 3 is 2.90 bits per heavy atom. The summed E-state index contributed by atoms with van der Waals surface area (Å²) in [5, 5.41) is 11.7. The first-order valence-electron chi connectivity index (χ1n) is 6.20. The van der Waals surface area contributed by atoms with Gasteiger partial charge in [-0.25, -0.2) is 4.98 Å². The van der Waals surface area contributed by atoms with Crippen LogP contribution >= 0.6 is 11.3 Å². The van der Waals surface area contributed by atoms with Gasteiger partial charge in [-0.05, 0) is 25.1 Å². The van der Waals surface area contributed by atoms with E-state index in [1.165, 1.54) is 11.3 Å². The number of nitrogens with zero attached hydrogens (tertiary/aromatic N) is 3. The fourth-order valence-corrected chi connectivity index (χ4v) is 2.77. The summed E-state index contributed by atoms with van der Waals surface area (Å²) in [6.07, 6.45) is 1.72. The summed E-state index contributed by atoms with van der Waals surface area (Å²) in [5.41, 5.74) is 2.69. The van der Waals surface area contributed by atoms with Crippen molar-refractivity contribution in [3.05, 3.63) is 57.5 Å². The van der Waals surface area contributed by atoms with Crippen molar-refractivity contribution >= 4 is 11.3 Å². The van der Waals surface area contributed by atoms with Gasteiger partial charge < -0.3 is 4.98 Å². The Balaban J connectivity index is 2.09. The van der Waals surface area contributed by atoms with Crippen LogP contribution in [0.25, 0.3) is 22.0 Å². The van der Waals surface area contributed by atoms with Crippen molar-refractivity contribution in [3.8, 4) is 28.0 Å². The van der Waals surface area contributed by atoms with Crippen LogP contribution < -0.4 is 5.56 Å². The molecule has 0 saturated heterocycles. The Kier molecular flexibility index (Phi) is 3.34. The van der Waals surface area contributed by atoms with Crippen LogP contribution in [0.5, 0.6) is 0 Å². The second-order valence-corrected chi connectivity index (χ2v) is 5.27. The Hall–Kier alpha value is -2.78. The van der Waals surface area contributed by atoms with Gasteiger partial charge in [-0.2, -0.15) is 5.26 Å². The highest BCUT2D eigenvalue weighted by atomic mass is 32.1. The average molecular weight is 294 g/mol. The lowest BCUT2D eigenvalue weighted by atomic mass is 10.1. The van der Waals surface area contributed by atoms with E-state index in [2.05, 4.69) is 15.0 Å². The summed E-state index contributed by atoms with van der Waals surface area (Å²) < 4.78 is 0. The summed E-state index contributed by atoms with van der Waals surface area (Å²) in [4.78, 5) is 23.1. The van der Waals surface area contributed by atoms with E-state index in [9.17, 15) is 4.79 Å². The molecule has 0 aliphatic rings. The van der Waals surface area contributed by atoms with Gasteiger partial charge in [-0.1, -0.05) is 6.07 Å². The summed E-state index contributed by atoms with van der Waals surface area (Å²) >= 11 is 1.48. The highest BCUT2D eigenvalue weighted by Gasteiger charge is 2.12. The molecule has 0 aliphatic carbocycles. The quantitative estimate of drug-likeness (QED) is 0.787. The molecule has 0 fully saturated rings. The van der Waals surface area contributed by atoms with Crippen LogP contribution in [-0.2, 0) is 0 Å². The third kappa shape index (κ3) is 2.47. The number of pyridine rings is 2. The lowest BCUT2D eigenvalue weighted by molar-refractivity contribution is 1.13. The van der Waals surface area contributed by atoms with Crippen LogP contribution in [0.1, 0.15) is 11.3 Å². The van der Waals surface area contributed by atoms with Crippen molar-refractivity contribution in [2.45, 2.75) is 6.92 Å². The molecule has 0 saturated carbocycles. The Bertz CT molecular complexity index is 890. The van der Waals surface area contributed by atoms with Crippen LogP contribution in [0.2, 0.25) is 0 Å². The molecule has 0 radical (unpaired) electrons. The van der Waals surface area contributed by atoms with Crippen LogP contribution in [0.15, 0.2) is 40.6 Å². The van der Waals surface area contributed by atoms with Crippen molar-refractivity contribution in [2.75, 3.05) is 0 Å². The van der Waals surface area contributed by atoms with Gasteiger partial charge in [0.2, 0.25) is 0 Å². The van der Waals surface area contributed by atoms with Crippen molar-refractivity contribution in [3.63, 3.8) is 0 Å². The highest BCUT2D eigenvalue weighted by molar-refractivity contribution is 7.13. The number of nitriles is 1. The number of hydrogen-bond donors (Lipinski definition) is 1. The predicted octanol–water partition coefficient (Wildman–Crippen LogP) is 2.74. The van der Waals surface area contributed by atoms with Gasteiger partial charge in [0.1, 0.15) is 16.6 Å². The maximum atomic E-state index is 11.6. The summed E-state index contributed by atoms with van der Waals surface area (Å²) in [5.74, 6) is 0. The third-order valence-corrected chi connectivity index (χ3v) is 3.89. The van der Waals surface area contributed by atoms with Crippen LogP contribution in [0.4, 0.5) is 0 Å². The first kappa shape index (κ1) is 13.2. The first-order valence-corrected chi connectivity index (χ1v) is 7.08. The van der Waals surface area contributed by atoms with E-state index in [0.717, 1.165) is 22.0 Å². The zero-order valence-electron chi connectivity index (χ0n) is 11.1. The van der Waals surface area contributed by atoms with Gasteiger partial charge in [0.15, 0.2) is 0 Å². The van der Waals surface area contributed by atoms with Gasteiger partial charge in [0, 0.05) is 22.8 Å². The number of rotatable bonds is 2. The minimum atomic E-state index is -0.376. The lowest BCUT2D eigenvalue weighted by Crippen LogP contribution is -2.11. The average Bonchev–Trinajstić information content (AvgIpc) is 2.98. The monoisotopic (exact) mass is 294 g/mol. The van der Waals surface area contributed by atoms with Gasteiger partial charge in [0.05, 0.1) is 11.4 Å². The molecule has 6 heteroatoms. The van der Waals surface area contributed by atoms with Crippen LogP contribution in [0.3, 0.4) is 0 Å². The summed E-state index contributed by atoms with van der Waals surface area (Å²) in [6.45, 7) is 1.79. The minimum absolute atomic E-state index is 0.0861. The van der Waals surface area contributed by atoms with Crippen molar-refractivity contribution < 1.29 is 0 Å². The maximum Gasteiger partial charge on any atom is 0.266 e. The molecular weight excluding hydrogens is 284 g/mol. The van der Waals surface area contributed by atoms with Gasteiger partial charge >= 0.3 is 0 Å². The molecule has 0 aromatic carbocycles. The standard InChI is InChI=1S/C15H10N4OS/c1-9-11(6-10(7-16)14(20)18-9)13-8-21-15(19-13)12-4-2-3-5-17-12/h2-6,8H,1H3,(H,18,20). The number of aromatic amines is 1. The second-order valence-electron chi connectivity index (χ2n) is 4.42. The Morgan fingerprint density at radius 2 is 2.19 bits per heavy atom. The predicted molar refractivity (Wildman–Crippen MR) is 80.9 cm³/mol. The van der Waals surface area contributed by atoms with E-state index in [-0.39, 0.29) is 11.1 Å². The molecule has 3 heterocycles. The number of hydrogen-bond acceptors (Lipinski definition) is 5. The molecule has 5 nitrogen and oxygen atoms in total. The van der Waals surface area contributed by atoms with Crippen LogP contribution in [0, 0.1) is 18.3 Å². The minimum Gasteiger partial charge on any atom is -0.325 e. The SMILES string of the molecule is Cc1[nH]c(=O)c(C#N)cc1-c1csc(-c2ccccn2)n1. The summed E-state index contributed by atoms with van der Waals surface area (Å²) in [6, 6.07) is 9.11. The zero-order valence-corrected chi connectivity index (χ0v) is 11.9. The molecule has 0 bridgehead atoms. The van der Waals surface area contributed by atoms with E-state index in [0.29, 0.717) is 5.69 Å². The molecule has 0 atom stereocenters. The van der Waals surface area contributed by atoms with E-state index in [1.54, 1.807) is 19.2 Å². The molecule has 0 unspecified atom stereocenters. The molecule has 1 N–H and O–H groups in total. The number of H-pyrrole nitrogens is 1. The number of thiazole rings is 1. The normalized spacial score (nSPS) is 10.3. The molecule has 0 spiro atoms. The lowest BCUT2D eigenvalue weighted by Gasteiger charge is -2.02. The van der Waals surface area contributed by atoms with E-state index >= 15 is 0 Å². The molecule has 21 heavy (non-hydrogen) atoms. The second kappa shape index (κ2) is 5.31. The fraction of sp³-hybridized carbons (Fsp3) is 0.0667. The molecule has 3 rings (SSSR count). The Labute approximate surface area is 124 Å². The molecule has 0 aliphatic heterocycles. The van der Waals surface area contributed by atoms with Gasteiger partial charge in [-0.15, -0.1) is 11.3 Å². The summed E-state index contributed by atoms with van der Waals surface area (Å²) in [7, 11) is 0. The molecule has 0 amide bonds. The molecule has 3 aromatic heterocycles. The topological polar surface area (TPSA) is 82.4 Å². The van der Waals surface area contributed by atoms with Crippen molar-refractivity contribution in [1.29, 1.82) is 5.26 Å². The Morgan fingerprint density at radius 1 is 1.33 bits per heavy atom. The van der Waals surface area contributed by atoms with Gasteiger partial charge in [0.25, 0.3) is 5.56 Å². The highest BCUT2D eigenvalue weighted by Crippen LogP contribution is 2.28. The largest absolute Gasteiger partial charge is 0.325 e. The number of aromatic nitrogens is 3. The van der Waals surface area contributed by atoms with Gasteiger partial charge in [-0.3, -0.25) is 9.78 Å². The van der Waals surface area contributed by atoms with Crippen molar-refractivity contribution in [1.82, 2.24) is 15.0 Å². The van der Waals surface area contributed by atoms with E-state index in [4.69, 9.17) is 5.26 Å². The molecule has 3 aromatic rings.